The maximum Gasteiger partial charge on any atom is 0.255 e. The maximum atomic E-state index is 13.4. The van der Waals surface area contributed by atoms with E-state index in [2.05, 4.69) is 20.8 Å². The molecule has 3 nitrogen and oxygen atoms in total. The van der Waals surface area contributed by atoms with E-state index in [4.69, 9.17) is 0 Å². The van der Waals surface area contributed by atoms with Crippen LogP contribution in [0.15, 0.2) is 22.7 Å². The lowest BCUT2D eigenvalue weighted by atomic mass is 10.2. The van der Waals surface area contributed by atoms with E-state index in [0.717, 1.165) is 26.1 Å². The van der Waals surface area contributed by atoms with Crippen LogP contribution in [0.2, 0.25) is 0 Å². The summed E-state index contributed by atoms with van der Waals surface area (Å²) in [6.45, 7) is 3.27. The molecule has 1 amide bonds. The fourth-order valence-corrected chi connectivity index (χ4v) is 2.52. The largest absolute Gasteiger partial charge is 0.337 e. The number of hydrogen-bond acceptors (Lipinski definition) is 2. The summed E-state index contributed by atoms with van der Waals surface area (Å²) in [6, 6.07) is 4.57. The molecule has 0 bridgehead atoms. The highest BCUT2D eigenvalue weighted by Crippen LogP contribution is 2.22. The molecule has 5 heteroatoms. The smallest absolute Gasteiger partial charge is 0.255 e. The molecule has 1 aliphatic rings. The fourth-order valence-electron chi connectivity index (χ4n) is 2.09. The van der Waals surface area contributed by atoms with E-state index in [1.165, 1.54) is 6.07 Å². The average Bonchev–Trinajstić information content (AvgIpc) is 2.57. The first-order valence-corrected chi connectivity index (χ1v) is 6.80. The van der Waals surface area contributed by atoms with Crippen LogP contribution in [0.3, 0.4) is 0 Å². The maximum absolute atomic E-state index is 13.4. The van der Waals surface area contributed by atoms with Gasteiger partial charge in [0.05, 0.1) is 10.0 Å². The van der Waals surface area contributed by atoms with Gasteiger partial charge in [-0.3, -0.25) is 4.79 Å². The van der Waals surface area contributed by atoms with Crippen molar-refractivity contribution in [1.29, 1.82) is 0 Å². The lowest BCUT2D eigenvalue weighted by Gasteiger charge is -2.21. The second kappa shape index (κ2) is 5.80. The Bertz CT molecular complexity index is 453. The van der Waals surface area contributed by atoms with Crippen molar-refractivity contribution in [2.75, 3.05) is 33.2 Å². The van der Waals surface area contributed by atoms with Gasteiger partial charge < -0.3 is 9.80 Å². The molecule has 1 aromatic carbocycles. The Balaban J connectivity index is 2.18. The molecule has 0 saturated carbocycles. The second-order valence-electron chi connectivity index (χ2n) is 4.55. The van der Waals surface area contributed by atoms with Gasteiger partial charge in [0.15, 0.2) is 0 Å². The minimum Gasteiger partial charge on any atom is -0.337 e. The summed E-state index contributed by atoms with van der Waals surface area (Å²) >= 11 is 3.15. The molecule has 1 aliphatic heterocycles. The van der Waals surface area contributed by atoms with Crippen LogP contribution in [0, 0.1) is 5.82 Å². The summed E-state index contributed by atoms with van der Waals surface area (Å²) in [5.74, 6) is -0.496. The number of rotatable bonds is 1. The predicted molar refractivity (Wildman–Crippen MR) is 72.1 cm³/mol. The van der Waals surface area contributed by atoms with Gasteiger partial charge in [-0.25, -0.2) is 4.39 Å². The van der Waals surface area contributed by atoms with Crippen LogP contribution in [-0.2, 0) is 0 Å². The second-order valence-corrected chi connectivity index (χ2v) is 5.34. The van der Waals surface area contributed by atoms with Crippen LogP contribution in [0.25, 0.3) is 0 Å². The van der Waals surface area contributed by atoms with Crippen LogP contribution in [0.1, 0.15) is 16.8 Å². The van der Waals surface area contributed by atoms with Crippen molar-refractivity contribution in [2.24, 2.45) is 0 Å². The van der Waals surface area contributed by atoms with E-state index in [0.29, 0.717) is 12.1 Å². The fraction of sp³-hybridized carbons (Fsp3) is 0.462. The topological polar surface area (TPSA) is 23.6 Å². The van der Waals surface area contributed by atoms with Gasteiger partial charge in [0.1, 0.15) is 5.82 Å². The lowest BCUT2D eigenvalue weighted by Crippen LogP contribution is -2.34. The van der Waals surface area contributed by atoms with Gasteiger partial charge in [-0.05, 0) is 48.1 Å². The quantitative estimate of drug-likeness (QED) is 0.794. The van der Waals surface area contributed by atoms with Crippen molar-refractivity contribution in [3.63, 3.8) is 0 Å². The van der Waals surface area contributed by atoms with Crippen molar-refractivity contribution in [3.05, 3.63) is 34.1 Å². The van der Waals surface area contributed by atoms with Crippen LogP contribution in [-0.4, -0.2) is 48.9 Å². The van der Waals surface area contributed by atoms with Crippen molar-refractivity contribution in [3.8, 4) is 0 Å². The molecule has 0 unspecified atom stereocenters. The minimum absolute atomic E-state index is 0.100. The number of likely N-dealkylation sites (N-methyl/N-ethyl adjacent to an activating group) is 1. The molecule has 1 heterocycles. The number of benzene rings is 1. The van der Waals surface area contributed by atoms with Crippen molar-refractivity contribution in [2.45, 2.75) is 6.42 Å². The zero-order valence-corrected chi connectivity index (χ0v) is 11.9. The number of carbonyl (C=O) groups is 1. The van der Waals surface area contributed by atoms with Gasteiger partial charge in [-0.15, -0.1) is 0 Å². The molecule has 0 aliphatic carbocycles. The van der Waals surface area contributed by atoms with Crippen LogP contribution >= 0.6 is 15.9 Å². The van der Waals surface area contributed by atoms with E-state index in [9.17, 15) is 9.18 Å². The summed E-state index contributed by atoms with van der Waals surface area (Å²) in [4.78, 5) is 16.3. The van der Waals surface area contributed by atoms with Crippen LogP contribution in [0.4, 0.5) is 4.39 Å². The Kier molecular flexibility index (Phi) is 4.35. The van der Waals surface area contributed by atoms with Crippen LogP contribution < -0.4 is 0 Å². The first-order chi connectivity index (χ1) is 8.59. The summed E-state index contributed by atoms with van der Waals surface area (Å²) in [5, 5.41) is 0. The molecular weight excluding hydrogens is 299 g/mol. The molecular formula is C13H16BrFN2O. The number of halogens is 2. The molecule has 1 saturated heterocycles. The first-order valence-electron chi connectivity index (χ1n) is 6.01. The summed E-state index contributed by atoms with van der Waals surface area (Å²) in [7, 11) is 2.05. The SMILES string of the molecule is CN1CCCN(C(=O)c2cccc(F)c2Br)CC1. The Morgan fingerprint density at radius 2 is 2.06 bits per heavy atom. The van der Waals surface area contributed by atoms with Gasteiger partial charge in [0.25, 0.3) is 5.91 Å². The predicted octanol–water partition coefficient (Wildman–Crippen LogP) is 2.37. The third kappa shape index (κ3) is 2.90. The zero-order valence-electron chi connectivity index (χ0n) is 10.3. The van der Waals surface area contributed by atoms with E-state index in [1.807, 2.05) is 7.05 Å². The van der Waals surface area contributed by atoms with Gasteiger partial charge in [-0.1, -0.05) is 6.07 Å². The van der Waals surface area contributed by atoms with Crippen molar-refractivity contribution >= 4 is 21.8 Å². The Morgan fingerprint density at radius 3 is 2.83 bits per heavy atom. The molecule has 0 spiro atoms. The highest BCUT2D eigenvalue weighted by molar-refractivity contribution is 9.10. The van der Waals surface area contributed by atoms with Gasteiger partial charge in [0, 0.05) is 19.6 Å². The van der Waals surface area contributed by atoms with E-state index < -0.39 is 5.82 Å². The summed E-state index contributed by atoms with van der Waals surface area (Å²) < 4.78 is 13.7. The summed E-state index contributed by atoms with van der Waals surface area (Å²) in [5.41, 5.74) is 0.402. The zero-order chi connectivity index (χ0) is 13.1. The normalized spacial score (nSPS) is 17.6. The first kappa shape index (κ1) is 13.5. The Labute approximate surface area is 115 Å². The van der Waals surface area contributed by atoms with Crippen LogP contribution in [0.5, 0.6) is 0 Å². The molecule has 98 valence electrons. The van der Waals surface area contributed by atoms with Gasteiger partial charge in [0.2, 0.25) is 0 Å². The molecule has 0 aromatic heterocycles. The number of amides is 1. The number of nitrogens with zero attached hydrogens (tertiary/aromatic N) is 2. The van der Waals surface area contributed by atoms with E-state index in [-0.39, 0.29) is 10.4 Å². The number of hydrogen-bond donors (Lipinski definition) is 0. The van der Waals surface area contributed by atoms with E-state index >= 15 is 0 Å². The summed E-state index contributed by atoms with van der Waals surface area (Å²) in [6.07, 6.45) is 0.954. The molecule has 0 N–H and O–H groups in total. The Morgan fingerprint density at radius 1 is 1.28 bits per heavy atom. The molecule has 0 radical (unpaired) electrons. The van der Waals surface area contributed by atoms with E-state index in [1.54, 1.807) is 17.0 Å². The highest BCUT2D eigenvalue weighted by Gasteiger charge is 2.21. The standard InChI is InChI=1S/C13H16BrFN2O/c1-16-6-3-7-17(9-8-16)13(18)10-4-2-5-11(15)12(10)14/h2,4-5H,3,6-9H2,1H3. The monoisotopic (exact) mass is 314 g/mol. The Hall–Kier alpha value is -0.940. The molecule has 1 aromatic rings. The lowest BCUT2D eigenvalue weighted by molar-refractivity contribution is 0.0761. The van der Waals surface area contributed by atoms with Gasteiger partial charge in [-0.2, -0.15) is 0 Å². The molecule has 18 heavy (non-hydrogen) atoms. The van der Waals surface area contributed by atoms with Crippen molar-refractivity contribution < 1.29 is 9.18 Å². The van der Waals surface area contributed by atoms with Crippen molar-refractivity contribution in [1.82, 2.24) is 9.80 Å². The molecule has 1 fully saturated rings. The minimum atomic E-state index is -0.396. The average molecular weight is 315 g/mol. The third-order valence-corrected chi connectivity index (χ3v) is 3.99. The third-order valence-electron chi connectivity index (χ3n) is 3.19. The number of carbonyl (C=O) groups excluding carboxylic acids is 1. The molecule has 2 rings (SSSR count). The van der Waals surface area contributed by atoms with Gasteiger partial charge >= 0.3 is 0 Å². The highest BCUT2D eigenvalue weighted by atomic mass is 79.9. The molecule has 0 atom stereocenters.